The quantitative estimate of drug-likeness (QED) is 0.775. The van der Waals surface area contributed by atoms with Gasteiger partial charge in [-0.25, -0.2) is 4.99 Å². The van der Waals surface area contributed by atoms with Crippen molar-refractivity contribution in [2.75, 3.05) is 18.0 Å². The highest BCUT2D eigenvalue weighted by Crippen LogP contribution is 2.40. The predicted molar refractivity (Wildman–Crippen MR) is 104 cm³/mol. The van der Waals surface area contributed by atoms with Gasteiger partial charge in [0.25, 0.3) is 5.91 Å². The van der Waals surface area contributed by atoms with E-state index in [1.165, 1.54) is 16.2 Å². The summed E-state index contributed by atoms with van der Waals surface area (Å²) in [5.74, 6) is -0.245. The maximum atomic E-state index is 11.8. The molecular weight excluding hydrogens is 334 g/mol. The number of aromatic hydroxyl groups is 1. The first-order chi connectivity index (χ1) is 12.0. The monoisotopic (exact) mass is 357 g/mol. The third-order valence-corrected chi connectivity index (χ3v) is 5.81. The van der Waals surface area contributed by atoms with Crippen molar-refractivity contribution in [2.24, 2.45) is 10.7 Å². The number of carbonyl (C=O) groups excluding carboxylic acids is 1. The highest BCUT2D eigenvalue weighted by atomic mass is 32.1. The van der Waals surface area contributed by atoms with Crippen molar-refractivity contribution in [3.63, 3.8) is 0 Å². The Bertz CT molecular complexity index is 822. The molecule has 0 radical (unpaired) electrons. The first-order valence-corrected chi connectivity index (χ1v) is 9.43. The summed E-state index contributed by atoms with van der Waals surface area (Å²) < 4.78 is 0. The van der Waals surface area contributed by atoms with Crippen LogP contribution in [0.4, 0.5) is 10.7 Å². The lowest BCUT2D eigenvalue weighted by Crippen LogP contribution is -2.21. The van der Waals surface area contributed by atoms with Crippen LogP contribution in [0.25, 0.3) is 0 Å². The number of nitrogens with zero attached hydrogens (tertiary/aromatic N) is 2. The second kappa shape index (κ2) is 7.27. The van der Waals surface area contributed by atoms with Crippen LogP contribution in [0, 0.1) is 0 Å². The number of aliphatic imine (C=N–C) groups is 1. The zero-order valence-corrected chi connectivity index (χ0v) is 15.4. The number of amides is 1. The van der Waals surface area contributed by atoms with Gasteiger partial charge in [0.15, 0.2) is 0 Å². The van der Waals surface area contributed by atoms with Gasteiger partial charge < -0.3 is 15.7 Å². The summed E-state index contributed by atoms with van der Waals surface area (Å²) in [4.78, 5) is 19.6. The van der Waals surface area contributed by atoms with Crippen LogP contribution in [0.1, 0.15) is 46.6 Å². The molecule has 6 heteroatoms. The smallest absolute Gasteiger partial charge is 0.252 e. The molecule has 1 aliphatic rings. The van der Waals surface area contributed by atoms with Gasteiger partial charge >= 0.3 is 0 Å². The third-order valence-electron chi connectivity index (χ3n) is 4.61. The Balaban J connectivity index is 1.89. The van der Waals surface area contributed by atoms with E-state index < -0.39 is 5.91 Å². The fraction of sp³-hybridized carbons (Fsp3) is 0.368. The Kier molecular flexibility index (Phi) is 5.08. The summed E-state index contributed by atoms with van der Waals surface area (Å²) in [5.41, 5.74) is 8.77. The van der Waals surface area contributed by atoms with Crippen LogP contribution in [-0.2, 0) is 12.8 Å². The van der Waals surface area contributed by atoms with Gasteiger partial charge in [-0.1, -0.05) is 0 Å². The Labute approximate surface area is 151 Å². The molecule has 1 heterocycles. The fourth-order valence-electron chi connectivity index (χ4n) is 3.29. The molecule has 1 amide bonds. The van der Waals surface area contributed by atoms with E-state index in [1.54, 1.807) is 12.3 Å². The second-order valence-electron chi connectivity index (χ2n) is 6.08. The van der Waals surface area contributed by atoms with E-state index in [0.29, 0.717) is 16.1 Å². The summed E-state index contributed by atoms with van der Waals surface area (Å²) in [6.45, 7) is 5.92. The zero-order valence-electron chi connectivity index (χ0n) is 14.6. The van der Waals surface area contributed by atoms with Crippen molar-refractivity contribution in [3.8, 4) is 5.75 Å². The molecule has 0 bridgehead atoms. The second-order valence-corrected chi connectivity index (χ2v) is 7.16. The Hall–Kier alpha value is -2.34. The first kappa shape index (κ1) is 17.5. The Morgan fingerprint density at radius 3 is 2.76 bits per heavy atom. The minimum absolute atomic E-state index is 0.179. The minimum Gasteiger partial charge on any atom is -0.507 e. The van der Waals surface area contributed by atoms with E-state index in [2.05, 4.69) is 23.7 Å². The molecule has 132 valence electrons. The van der Waals surface area contributed by atoms with Crippen LogP contribution >= 0.6 is 11.3 Å². The summed E-state index contributed by atoms with van der Waals surface area (Å²) in [7, 11) is 0. The molecule has 0 aliphatic heterocycles. The molecule has 3 N–H and O–H groups in total. The van der Waals surface area contributed by atoms with Gasteiger partial charge in [-0.2, -0.15) is 0 Å². The molecule has 1 aliphatic carbocycles. The number of carbonyl (C=O) groups is 1. The lowest BCUT2D eigenvalue weighted by Gasteiger charge is -2.21. The summed E-state index contributed by atoms with van der Waals surface area (Å²) in [5, 5.41) is 10.9. The third kappa shape index (κ3) is 3.39. The number of thiophene rings is 1. The van der Waals surface area contributed by atoms with Crippen molar-refractivity contribution < 1.29 is 9.90 Å². The summed E-state index contributed by atoms with van der Waals surface area (Å²) in [6, 6.07) is 5.56. The van der Waals surface area contributed by atoms with E-state index in [1.807, 2.05) is 12.1 Å². The number of anilines is 1. The van der Waals surface area contributed by atoms with E-state index in [-0.39, 0.29) is 5.75 Å². The number of phenols is 1. The molecule has 0 spiro atoms. The average molecular weight is 357 g/mol. The van der Waals surface area contributed by atoms with E-state index in [4.69, 9.17) is 5.73 Å². The SMILES string of the molecule is CCN(CC)c1ccc(/C=N/c2sc3c(c2C(N)=O)CCC3)c(O)c1. The lowest BCUT2D eigenvalue weighted by molar-refractivity contribution is 0.100. The molecule has 3 rings (SSSR count). The van der Waals surface area contributed by atoms with Gasteiger partial charge in [0, 0.05) is 41.5 Å². The molecule has 0 saturated heterocycles. The molecule has 1 aromatic heterocycles. The number of aryl methyl sites for hydroxylation is 1. The van der Waals surface area contributed by atoms with Crippen molar-refractivity contribution >= 4 is 34.1 Å². The number of hydrogen-bond acceptors (Lipinski definition) is 5. The van der Waals surface area contributed by atoms with Gasteiger partial charge in [-0.15, -0.1) is 11.3 Å². The number of rotatable bonds is 6. The lowest BCUT2D eigenvalue weighted by atomic mass is 10.1. The largest absolute Gasteiger partial charge is 0.507 e. The number of nitrogens with two attached hydrogens (primary N) is 1. The zero-order chi connectivity index (χ0) is 18.0. The van der Waals surface area contributed by atoms with Crippen LogP contribution < -0.4 is 10.6 Å². The van der Waals surface area contributed by atoms with Crippen LogP contribution in [-0.4, -0.2) is 30.3 Å². The molecule has 0 fully saturated rings. The minimum atomic E-state index is -0.423. The van der Waals surface area contributed by atoms with Crippen LogP contribution in [0.5, 0.6) is 5.75 Å². The van der Waals surface area contributed by atoms with Gasteiger partial charge in [0.1, 0.15) is 10.8 Å². The van der Waals surface area contributed by atoms with Crippen molar-refractivity contribution in [3.05, 3.63) is 39.8 Å². The van der Waals surface area contributed by atoms with Crippen molar-refractivity contribution in [1.82, 2.24) is 0 Å². The highest BCUT2D eigenvalue weighted by Gasteiger charge is 2.24. The van der Waals surface area contributed by atoms with Crippen LogP contribution in [0.3, 0.4) is 0 Å². The number of hydrogen-bond donors (Lipinski definition) is 2. The van der Waals surface area contributed by atoms with Gasteiger partial charge in [0.2, 0.25) is 0 Å². The van der Waals surface area contributed by atoms with E-state index >= 15 is 0 Å². The maximum Gasteiger partial charge on any atom is 0.252 e. The van der Waals surface area contributed by atoms with Crippen molar-refractivity contribution in [2.45, 2.75) is 33.1 Å². The first-order valence-electron chi connectivity index (χ1n) is 8.61. The van der Waals surface area contributed by atoms with Gasteiger partial charge in [0.05, 0.1) is 5.56 Å². The highest BCUT2D eigenvalue weighted by molar-refractivity contribution is 7.16. The number of phenolic OH excluding ortho intramolecular Hbond substituents is 1. The van der Waals surface area contributed by atoms with Gasteiger partial charge in [-0.05, 0) is 50.8 Å². The maximum absolute atomic E-state index is 11.8. The fourth-order valence-corrected chi connectivity index (χ4v) is 4.53. The Morgan fingerprint density at radius 2 is 2.12 bits per heavy atom. The summed E-state index contributed by atoms with van der Waals surface area (Å²) >= 11 is 1.53. The Morgan fingerprint density at radius 1 is 1.36 bits per heavy atom. The molecule has 1 aromatic carbocycles. The summed E-state index contributed by atoms with van der Waals surface area (Å²) in [6.07, 6.45) is 4.55. The molecule has 0 atom stereocenters. The molecule has 0 saturated carbocycles. The average Bonchev–Trinajstić information content (AvgIpc) is 3.15. The molecule has 2 aromatic rings. The molecular formula is C19H23N3O2S. The van der Waals surface area contributed by atoms with Crippen molar-refractivity contribution in [1.29, 1.82) is 0 Å². The number of primary amides is 1. The van der Waals surface area contributed by atoms with Gasteiger partial charge in [-0.3, -0.25) is 4.79 Å². The topological polar surface area (TPSA) is 78.9 Å². The number of benzene rings is 1. The molecule has 0 unspecified atom stereocenters. The van der Waals surface area contributed by atoms with Crippen LogP contribution in [0.15, 0.2) is 23.2 Å². The molecule has 5 nitrogen and oxygen atoms in total. The normalized spacial score (nSPS) is 13.4. The standard InChI is InChI=1S/C19H23N3O2S/c1-3-22(4-2)13-9-8-12(15(23)10-13)11-21-19-17(18(20)24)14-6-5-7-16(14)25-19/h8-11,23H,3-7H2,1-2H3,(H2,20,24)/b21-11+. The van der Waals surface area contributed by atoms with E-state index in [0.717, 1.165) is 43.6 Å². The van der Waals surface area contributed by atoms with E-state index in [9.17, 15) is 9.90 Å². The number of fused-ring (bicyclic) bond motifs is 1. The molecule has 25 heavy (non-hydrogen) atoms. The van der Waals surface area contributed by atoms with Crippen LogP contribution in [0.2, 0.25) is 0 Å². The predicted octanol–water partition coefficient (Wildman–Crippen LogP) is 3.64.